The van der Waals surface area contributed by atoms with Gasteiger partial charge < -0.3 is 4.90 Å². The number of halogens is 5. The van der Waals surface area contributed by atoms with Gasteiger partial charge in [-0.05, 0) is 18.2 Å². The highest BCUT2D eigenvalue weighted by Gasteiger charge is 2.31. The minimum atomic E-state index is -4.35. The molecule has 10 heteroatoms. The predicted molar refractivity (Wildman–Crippen MR) is 107 cm³/mol. The first-order valence-corrected chi connectivity index (χ1v) is 8.43. The maximum absolute atomic E-state index is 12.6. The number of fused-ring (bicyclic) bond motifs is 1. The number of alkyl halides is 3. The highest BCUT2D eigenvalue weighted by molar-refractivity contribution is 5.85. The van der Waals surface area contributed by atoms with Gasteiger partial charge in [-0.3, -0.25) is 10.00 Å². The summed E-state index contributed by atoms with van der Waals surface area (Å²) < 4.78 is 37.9. The van der Waals surface area contributed by atoms with Gasteiger partial charge in [-0.2, -0.15) is 18.3 Å². The summed E-state index contributed by atoms with van der Waals surface area (Å²) in [4.78, 5) is 8.29. The molecule has 1 aromatic carbocycles. The van der Waals surface area contributed by atoms with E-state index < -0.39 is 11.7 Å². The number of anilines is 1. The lowest BCUT2D eigenvalue weighted by Gasteiger charge is -2.35. The van der Waals surface area contributed by atoms with Gasteiger partial charge in [-0.1, -0.05) is 18.2 Å². The van der Waals surface area contributed by atoms with Crippen LogP contribution in [0.4, 0.5) is 19.0 Å². The van der Waals surface area contributed by atoms with Gasteiger partial charge in [0.05, 0.1) is 16.8 Å². The molecule has 0 bridgehead atoms. The summed E-state index contributed by atoms with van der Waals surface area (Å²) in [6.07, 6.45) is -3.45. The SMILES string of the molecule is Cl.Cl.FC(F)(F)c1ccc(N2CCN(Cc3n[nH]c4ccccc34)CC2)nc1. The van der Waals surface area contributed by atoms with Crippen molar-refractivity contribution in [3.8, 4) is 0 Å². The summed E-state index contributed by atoms with van der Waals surface area (Å²) in [5.74, 6) is 0.586. The van der Waals surface area contributed by atoms with Crippen molar-refractivity contribution in [1.29, 1.82) is 0 Å². The monoisotopic (exact) mass is 433 g/mol. The van der Waals surface area contributed by atoms with E-state index >= 15 is 0 Å². The summed E-state index contributed by atoms with van der Waals surface area (Å²) >= 11 is 0. The van der Waals surface area contributed by atoms with E-state index in [1.807, 2.05) is 23.1 Å². The first kappa shape index (κ1) is 22.3. The van der Waals surface area contributed by atoms with E-state index in [1.54, 1.807) is 0 Å². The van der Waals surface area contributed by atoms with Crippen LogP contribution in [-0.2, 0) is 12.7 Å². The fraction of sp³-hybridized carbons (Fsp3) is 0.333. The standard InChI is InChI=1S/C18H18F3N5.2ClH/c19-18(20,21)13-5-6-17(22-11-13)26-9-7-25(8-10-26)12-16-14-3-1-2-4-15(14)23-24-16;;/h1-6,11H,7-10,12H2,(H,23,24);2*1H. The molecular formula is C18H20Cl2F3N5. The van der Waals surface area contributed by atoms with Crippen LogP contribution in [0.5, 0.6) is 0 Å². The zero-order valence-corrected chi connectivity index (χ0v) is 16.4. The number of benzene rings is 1. The van der Waals surface area contributed by atoms with E-state index in [9.17, 15) is 13.2 Å². The number of nitrogens with one attached hydrogen (secondary N) is 1. The first-order valence-electron chi connectivity index (χ1n) is 8.43. The summed E-state index contributed by atoms with van der Waals surface area (Å²) in [7, 11) is 0. The Labute approximate surface area is 172 Å². The molecule has 1 saturated heterocycles. The number of hydrogen-bond donors (Lipinski definition) is 1. The van der Waals surface area contributed by atoms with Crippen molar-refractivity contribution in [2.45, 2.75) is 12.7 Å². The van der Waals surface area contributed by atoms with Crippen molar-refractivity contribution in [3.05, 3.63) is 53.9 Å². The molecule has 0 amide bonds. The van der Waals surface area contributed by atoms with Crippen LogP contribution in [0.2, 0.25) is 0 Å². The van der Waals surface area contributed by atoms with Gasteiger partial charge >= 0.3 is 6.18 Å². The maximum atomic E-state index is 12.6. The topological polar surface area (TPSA) is 48.0 Å². The lowest BCUT2D eigenvalue weighted by molar-refractivity contribution is -0.137. The number of aromatic nitrogens is 3. The molecule has 4 rings (SSSR count). The van der Waals surface area contributed by atoms with E-state index in [0.29, 0.717) is 5.82 Å². The molecular weight excluding hydrogens is 414 g/mol. The van der Waals surface area contributed by atoms with Crippen molar-refractivity contribution < 1.29 is 13.2 Å². The van der Waals surface area contributed by atoms with Crippen molar-refractivity contribution in [1.82, 2.24) is 20.1 Å². The van der Waals surface area contributed by atoms with Crippen LogP contribution in [0.1, 0.15) is 11.3 Å². The van der Waals surface area contributed by atoms with Gasteiger partial charge in [0.25, 0.3) is 0 Å². The fourth-order valence-corrected chi connectivity index (χ4v) is 3.23. The molecule has 3 heterocycles. The minimum Gasteiger partial charge on any atom is -0.354 e. The van der Waals surface area contributed by atoms with Crippen molar-refractivity contribution in [2.24, 2.45) is 0 Å². The Kier molecular flexibility index (Phi) is 7.14. The molecule has 2 aromatic heterocycles. The molecule has 28 heavy (non-hydrogen) atoms. The molecule has 1 aliphatic rings. The van der Waals surface area contributed by atoms with Gasteiger partial charge in [0.15, 0.2) is 0 Å². The number of nitrogens with zero attached hydrogens (tertiary/aromatic N) is 4. The molecule has 3 aromatic rings. The Morgan fingerprint density at radius 2 is 1.68 bits per heavy atom. The number of pyridine rings is 1. The molecule has 0 radical (unpaired) electrons. The summed E-state index contributed by atoms with van der Waals surface area (Å²) in [5.41, 5.74) is 1.32. The number of aromatic amines is 1. The zero-order chi connectivity index (χ0) is 18.1. The van der Waals surface area contributed by atoms with E-state index in [2.05, 4.69) is 26.1 Å². The number of piperazine rings is 1. The predicted octanol–water partition coefficient (Wildman–Crippen LogP) is 4.14. The lowest BCUT2D eigenvalue weighted by atomic mass is 10.2. The Hall–Kier alpha value is -2.03. The third kappa shape index (κ3) is 4.68. The molecule has 0 saturated carbocycles. The normalized spacial score (nSPS) is 15.2. The second-order valence-electron chi connectivity index (χ2n) is 6.38. The first-order chi connectivity index (χ1) is 12.5. The van der Waals surface area contributed by atoms with Gasteiger partial charge in [-0.25, -0.2) is 4.98 Å². The van der Waals surface area contributed by atoms with Crippen molar-refractivity contribution in [2.75, 3.05) is 31.1 Å². The Balaban J connectivity index is 0.00000140. The summed E-state index contributed by atoms with van der Waals surface area (Å²) in [6, 6.07) is 10.6. The van der Waals surface area contributed by atoms with Gasteiger partial charge in [0.1, 0.15) is 5.82 Å². The number of para-hydroxylation sites is 1. The van der Waals surface area contributed by atoms with Crippen LogP contribution < -0.4 is 4.90 Å². The Bertz CT molecular complexity index is 890. The van der Waals surface area contributed by atoms with Crippen molar-refractivity contribution >= 4 is 41.5 Å². The minimum absolute atomic E-state index is 0. The van der Waals surface area contributed by atoms with Gasteiger partial charge in [0.2, 0.25) is 0 Å². The number of hydrogen-bond acceptors (Lipinski definition) is 4. The molecule has 0 unspecified atom stereocenters. The molecule has 0 atom stereocenters. The molecule has 0 aliphatic carbocycles. The van der Waals surface area contributed by atoms with Crippen LogP contribution in [0, 0.1) is 0 Å². The number of H-pyrrole nitrogens is 1. The average molecular weight is 434 g/mol. The molecule has 0 spiro atoms. The third-order valence-corrected chi connectivity index (χ3v) is 4.69. The van der Waals surface area contributed by atoms with E-state index in [-0.39, 0.29) is 24.8 Å². The number of rotatable bonds is 3. The average Bonchev–Trinajstić information content (AvgIpc) is 3.05. The summed E-state index contributed by atoms with van der Waals surface area (Å²) in [5, 5.41) is 8.57. The van der Waals surface area contributed by atoms with Crippen LogP contribution in [-0.4, -0.2) is 46.3 Å². The maximum Gasteiger partial charge on any atom is 0.417 e. The van der Waals surface area contributed by atoms with E-state index in [1.165, 1.54) is 6.07 Å². The smallest absolute Gasteiger partial charge is 0.354 e. The zero-order valence-electron chi connectivity index (χ0n) is 14.8. The largest absolute Gasteiger partial charge is 0.417 e. The van der Waals surface area contributed by atoms with Crippen LogP contribution in [0.25, 0.3) is 10.9 Å². The van der Waals surface area contributed by atoms with Crippen molar-refractivity contribution in [3.63, 3.8) is 0 Å². The molecule has 1 fully saturated rings. The Morgan fingerprint density at radius 1 is 0.964 bits per heavy atom. The van der Waals surface area contributed by atoms with E-state index in [4.69, 9.17) is 0 Å². The van der Waals surface area contributed by atoms with Crippen LogP contribution >= 0.6 is 24.8 Å². The van der Waals surface area contributed by atoms with Crippen LogP contribution in [0.3, 0.4) is 0 Å². The highest BCUT2D eigenvalue weighted by Crippen LogP contribution is 2.29. The van der Waals surface area contributed by atoms with E-state index in [0.717, 1.165) is 61.6 Å². The van der Waals surface area contributed by atoms with Gasteiger partial charge in [0, 0.05) is 44.3 Å². The van der Waals surface area contributed by atoms with Crippen LogP contribution in [0.15, 0.2) is 42.6 Å². The third-order valence-electron chi connectivity index (χ3n) is 4.69. The van der Waals surface area contributed by atoms with Gasteiger partial charge in [-0.15, -0.1) is 24.8 Å². The lowest BCUT2D eigenvalue weighted by Crippen LogP contribution is -2.46. The second-order valence-corrected chi connectivity index (χ2v) is 6.38. The Morgan fingerprint density at radius 3 is 2.32 bits per heavy atom. The molecule has 5 nitrogen and oxygen atoms in total. The second kappa shape index (κ2) is 8.98. The molecule has 152 valence electrons. The molecule has 1 aliphatic heterocycles. The quantitative estimate of drug-likeness (QED) is 0.673. The highest BCUT2D eigenvalue weighted by atomic mass is 35.5. The molecule has 1 N–H and O–H groups in total. The summed E-state index contributed by atoms with van der Waals surface area (Å²) in [6.45, 7) is 3.81. The fourth-order valence-electron chi connectivity index (χ4n) is 3.23.